The molecule has 0 bridgehead atoms. The van der Waals surface area contributed by atoms with Crippen LogP contribution in [0.3, 0.4) is 0 Å². The fraction of sp³-hybridized carbons (Fsp3) is 0.471. The van der Waals surface area contributed by atoms with E-state index in [-0.39, 0.29) is 0 Å². The van der Waals surface area contributed by atoms with Crippen LogP contribution >= 0.6 is 0 Å². The van der Waals surface area contributed by atoms with E-state index in [1.165, 1.54) is 19.4 Å². The van der Waals surface area contributed by atoms with Gasteiger partial charge in [0.2, 0.25) is 0 Å². The minimum absolute atomic E-state index is 0.750. The Kier molecular flexibility index (Phi) is 3.30. The van der Waals surface area contributed by atoms with Crippen LogP contribution in [0, 0.1) is 17.8 Å². The molecule has 4 rings (SSSR count). The Morgan fingerprint density at radius 2 is 2.05 bits per heavy atom. The zero-order valence-electron chi connectivity index (χ0n) is 12.1. The summed E-state index contributed by atoms with van der Waals surface area (Å²) in [4.78, 5) is 15.6. The molecule has 1 saturated heterocycles. The summed E-state index contributed by atoms with van der Waals surface area (Å²) in [5.74, 6) is 3.49. The largest absolute Gasteiger partial charge is 0.356 e. The first kappa shape index (κ1) is 12.7. The maximum atomic E-state index is 4.50. The molecule has 4 nitrogen and oxygen atoms in total. The molecule has 2 aromatic rings. The topological polar surface area (TPSA) is 41.9 Å². The Morgan fingerprint density at radius 3 is 2.86 bits per heavy atom. The van der Waals surface area contributed by atoms with Crippen LogP contribution in [0.4, 0.5) is 5.82 Å². The zero-order chi connectivity index (χ0) is 14.1. The first-order valence-corrected chi connectivity index (χ1v) is 7.81. The third-order valence-corrected chi connectivity index (χ3v) is 5.07. The predicted octanol–water partition coefficient (Wildman–Crippen LogP) is 2.58. The summed E-state index contributed by atoms with van der Waals surface area (Å²) in [7, 11) is 0. The quantitative estimate of drug-likeness (QED) is 0.866. The summed E-state index contributed by atoms with van der Waals surface area (Å²) >= 11 is 0. The van der Waals surface area contributed by atoms with E-state index in [4.69, 9.17) is 0 Å². The maximum absolute atomic E-state index is 4.50. The molecule has 0 amide bonds. The number of rotatable bonds is 3. The molecule has 0 unspecified atom stereocenters. The summed E-state index contributed by atoms with van der Waals surface area (Å²) in [5, 5.41) is 0. The summed E-state index contributed by atoms with van der Waals surface area (Å²) < 4.78 is 0. The van der Waals surface area contributed by atoms with Crippen LogP contribution in [-0.4, -0.2) is 28.0 Å². The molecule has 1 aliphatic carbocycles. The van der Waals surface area contributed by atoms with Gasteiger partial charge in [-0.2, -0.15) is 0 Å². The molecule has 0 spiro atoms. The Hall–Kier alpha value is -1.97. The van der Waals surface area contributed by atoms with Gasteiger partial charge in [0, 0.05) is 37.9 Å². The normalized spacial score (nSPS) is 27.8. The molecule has 2 fully saturated rings. The van der Waals surface area contributed by atoms with E-state index in [0.717, 1.165) is 42.2 Å². The van der Waals surface area contributed by atoms with Crippen LogP contribution in [0.2, 0.25) is 0 Å². The maximum Gasteiger partial charge on any atom is 0.128 e. The summed E-state index contributed by atoms with van der Waals surface area (Å²) in [6.07, 6.45) is 11.1. The van der Waals surface area contributed by atoms with Gasteiger partial charge in [-0.1, -0.05) is 6.07 Å². The lowest BCUT2D eigenvalue weighted by Gasteiger charge is -2.21. The number of aromatic nitrogens is 3. The van der Waals surface area contributed by atoms with Crippen molar-refractivity contribution in [1.82, 2.24) is 15.0 Å². The number of fused-ring (bicyclic) bond motifs is 1. The molecule has 3 atom stereocenters. The van der Waals surface area contributed by atoms with Gasteiger partial charge >= 0.3 is 0 Å². The highest BCUT2D eigenvalue weighted by Gasteiger charge is 2.42. The Bertz CT molecular complexity index is 586. The van der Waals surface area contributed by atoms with Gasteiger partial charge < -0.3 is 4.90 Å². The van der Waals surface area contributed by atoms with E-state index in [1.807, 2.05) is 18.5 Å². The number of hydrogen-bond donors (Lipinski definition) is 0. The fourth-order valence-electron chi connectivity index (χ4n) is 4.06. The average Bonchev–Trinajstić information content (AvgIpc) is 3.11. The van der Waals surface area contributed by atoms with Crippen molar-refractivity contribution in [2.24, 2.45) is 17.8 Å². The summed E-state index contributed by atoms with van der Waals surface area (Å²) in [6.45, 7) is 2.31. The van der Waals surface area contributed by atoms with E-state index in [0.29, 0.717) is 0 Å². The van der Waals surface area contributed by atoms with E-state index in [9.17, 15) is 0 Å². The lowest BCUT2D eigenvalue weighted by atomic mass is 9.89. The highest BCUT2D eigenvalue weighted by Crippen LogP contribution is 2.44. The van der Waals surface area contributed by atoms with Crippen molar-refractivity contribution >= 4 is 5.82 Å². The molecular weight excluding hydrogens is 260 g/mol. The molecule has 3 heterocycles. The second-order valence-electron chi connectivity index (χ2n) is 6.26. The number of hydrogen-bond acceptors (Lipinski definition) is 4. The Balaban J connectivity index is 1.46. The molecule has 0 aromatic carbocycles. The molecule has 0 radical (unpaired) electrons. The van der Waals surface area contributed by atoms with Crippen LogP contribution in [0.15, 0.2) is 43.0 Å². The van der Waals surface area contributed by atoms with Crippen molar-refractivity contribution in [2.75, 3.05) is 18.0 Å². The van der Waals surface area contributed by atoms with Crippen LogP contribution in [0.25, 0.3) is 0 Å². The van der Waals surface area contributed by atoms with Crippen molar-refractivity contribution in [1.29, 1.82) is 0 Å². The Labute approximate surface area is 125 Å². The van der Waals surface area contributed by atoms with Gasteiger partial charge in [0.25, 0.3) is 0 Å². The molecule has 1 saturated carbocycles. The fourth-order valence-corrected chi connectivity index (χ4v) is 4.06. The van der Waals surface area contributed by atoms with Crippen LogP contribution < -0.4 is 4.90 Å². The first-order chi connectivity index (χ1) is 10.4. The van der Waals surface area contributed by atoms with Gasteiger partial charge in [-0.15, -0.1) is 0 Å². The number of nitrogens with zero attached hydrogens (tertiary/aromatic N) is 4. The third kappa shape index (κ3) is 2.50. The monoisotopic (exact) mass is 280 g/mol. The number of anilines is 1. The van der Waals surface area contributed by atoms with Crippen molar-refractivity contribution in [3.63, 3.8) is 0 Å². The Morgan fingerprint density at radius 1 is 1.05 bits per heavy atom. The second kappa shape index (κ2) is 5.43. The summed E-state index contributed by atoms with van der Waals surface area (Å²) in [5.41, 5.74) is 1.14. The van der Waals surface area contributed by atoms with Gasteiger partial charge in [0.15, 0.2) is 0 Å². The van der Waals surface area contributed by atoms with Crippen molar-refractivity contribution in [2.45, 2.75) is 19.3 Å². The second-order valence-corrected chi connectivity index (χ2v) is 6.26. The minimum Gasteiger partial charge on any atom is -0.356 e. The SMILES string of the molecule is c1ccc(N2C[C@H]3CC[C@H](Cc4cnccn4)[C@H]3C2)nc1. The molecule has 21 heavy (non-hydrogen) atoms. The lowest BCUT2D eigenvalue weighted by Crippen LogP contribution is -2.24. The third-order valence-electron chi connectivity index (χ3n) is 5.07. The lowest BCUT2D eigenvalue weighted by molar-refractivity contribution is 0.373. The first-order valence-electron chi connectivity index (χ1n) is 7.81. The van der Waals surface area contributed by atoms with E-state index >= 15 is 0 Å². The molecule has 108 valence electrons. The van der Waals surface area contributed by atoms with Gasteiger partial charge in [-0.25, -0.2) is 4.98 Å². The highest BCUT2D eigenvalue weighted by molar-refractivity contribution is 5.39. The van der Waals surface area contributed by atoms with Crippen LogP contribution in [0.1, 0.15) is 18.5 Å². The molecular formula is C17H20N4. The van der Waals surface area contributed by atoms with Crippen LogP contribution in [0.5, 0.6) is 0 Å². The zero-order valence-corrected chi connectivity index (χ0v) is 12.1. The molecule has 4 heteroatoms. The smallest absolute Gasteiger partial charge is 0.128 e. The van der Waals surface area contributed by atoms with E-state index < -0.39 is 0 Å². The van der Waals surface area contributed by atoms with Crippen LogP contribution in [-0.2, 0) is 6.42 Å². The van der Waals surface area contributed by atoms with Gasteiger partial charge in [-0.3, -0.25) is 9.97 Å². The van der Waals surface area contributed by atoms with Crippen molar-refractivity contribution in [3.8, 4) is 0 Å². The standard InChI is InChI=1S/C17H20N4/c1-2-6-20-17(3-1)21-11-14-5-4-13(16(14)12-21)9-15-10-18-7-8-19-15/h1-3,6-8,10,13-14,16H,4-5,9,11-12H2/t13-,14-,16-/m1/s1. The van der Waals surface area contributed by atoms with E-state index in [1.54, 1.807) is 12.4 Å². The molecule has 1 aliphatic heterocycles. The number of pyridine rings is 1. The van der Waals surface area contributed by atoms with Crippen molar-refractivity contribution < 1.29 is 0 Å². The minimum atomic E-state index is 0.750. The highest BCUT2D eigenvalue weighted by atomic mass is 15.2. The summed E-state index contributed by atoms with van der Waals surface area (Å²) in [6, 6.07) is 6.18. The molecule has 0 N–H and O–H groups in total. The average molecular weight is 280 g/mol. The van der Waals surface area contributed by atoms with Gasteiger partial charge in [0.1, 0.15) is 5.82 Å². The van der Waals surface area contributed by atoms with E-state index in [2.05, 4.69) is 32.0 Å². The van der Waals surface area contributed by atoms with Gasteiger partial charge in [-0.05, 0) is 49.1 Å². The molecule has 2 aliphatic rings. The van der Waals surface area contributed by atoms with Gasteiger partial charge in [0.05, 0.1) is 5.69 Å². The van der Waals surface area contributed by atoms with Crippen molar-refractivity contribution in [3.05, 3.63) is 48.7 Å². The molecule has 2 aromatic heterocycles. The predicted molar refractivity (Wildman–Crippen MR) is 81.9 cm³/mol.